The minimum atomic E-state index is -0.122. The van der Waals surface area contributed by atoms with Crippen molar-refractivity contribution in [1.82, 2.24) is 10.2 Å². The molecule has 1 N–H and O–H groups in total. The summed E-state index contributed by atoms with van der Waals surface area (Å²) in [7, 11) is 3.69. The molecule has 0 aromatic heterocycles. The van der Waals surface area contributed by atoms with Gasteiger partial charge in [0, 0.05) is 0 Å². The quantitative estimate of drug-likeness (QED) is 0.565. The summed E-state index contributed by atoms with van der Waals surface area (Å²) in [6.07, 6.45) is 4.97. The Morgan fingerprint density at radius 3 is 2.64 bits per heavy atom. The van der Waals surface area contributed by atoms with Crippen molar-refractivity contribution in [2.24, 2.45) is 0 Å². The average Bonchev–Trinajstić information content (AvgIpc) is 1.98. The first-order chi connectivity index (χ1) is 5.09. The largest absolute Gasteiger partial charge is 0.344 e. The van der Waals surface area contributed by atoms with Crippen molar-refractivity contribution in [2.45, 2.75) is 13.0 Å². The smallest absolute Gasteiger partial charge is 0.237 e. The van der Waals surface area contributed by atoms with E-state index in [1.807, 2.05) is 25.9 Å². The van der Waals surface area contributed by atoms with Gasteiger partial charge in [-0.05, 0) is 21.0 Å². The first-order valence-corrected chi connectivity index (χ1v) is 3.47. The third-order valence-electron chi connectivity index (χ3n) is 1.52. The molecule has 0 aliphatic heterocycles. The fraction of sp³-hybridized carbons (Fsp3) is 0.625. The van der Waals surface area contributed by atoms with Gasteiger partial charge < -0.3 is 5.32 Å². The van der Waals surface area contributed by atoms with Crippen LogP contribution in [0.4, 0.5) is 0 Å². The molecule has 0 saturated heterocycles. The van der Waals surface area contributed by atoms with Gasteiger partial charge in [0.15, 0.2) is 0 Å². The normalized spacial score (nSPS) is 12.3. The fourth-order valence-electron chi connectivity index (χ4n) is 0.520. The van der Waals surface area contributed by atoms with Crippen LogP contribution in [-0.4, -0.2) is 37.5 Å². The number of terminal acetylenes is 1. The number of rotatable bonds is 3. The number of nitrogens with one attached hydrogen (secondary N) is 1. The highest BCUT2D eigenvalue weighted by molar-refractivity contribution is 5.81. The number of likely N-dealkylation sites (N-methyl/N-ethyl adjacent to an activating group) is 1. The van der Waals surface area contributed by atoms with Gasteiger partial charge in [-0.25, -0.2) is 0 Å². The van der Waals surface area contributed by atoms with E-state index in [0.717, 1.165) is 0 Å². The maximum absolute atomic E-state index is 11.1. The third kappa shape index (κ3) is 3.64. The fourth-order valence-corrected chi connectivity index (χ4v) is 0.520. The minimum Gasteiger partial charge on any atom is -0.344 e. The molecule has 1 atom stereocenters. The highest BCUT2D eigenvalue weighted by atomic mass is 16.2. The van der Waals surface area contributed by atoms with Gasteiger partial charge in [-0.2, -0.15) is 0 Å². The molecule has 0 heterocycles. The number of carbonyl (C=O) groups is 1. The van der Waals surface area contributed by atoms with Gasteiger partial charge in [0.1, 0.15) is 0 Å². The molecule has 0 aliphatic carbocycles. The molecule has 3 nitrogen and oxygen atoms in total. The second-order valence-electron chi connectivity index (χ2n) is 2.56. The van der Waals surface area contributed by atoms with Crippen molar-refractivity contribution < 1.29 is 4.79 Å². The first-order valence-electron chi connectivity index (χ1n) is 3.47. The van der Waals surface area contributed by atoms with E-state index >= 15 is 0 Å². The number of carbonyl (C=O) groups excluding carboxylic acids is 1. The lowest BCUT2D eigenvalue weighted by Crippen LogP contribution is -2.41. The van der Waals surface area contributed by atoms with Crippen molar-refractivity contribution in [3.05, 3.63) is 0 Å². The molecular weight excluding hydrogens is 140 g/mol. The van der Waals surface area contributed by atoms with Gasteiger partial charge >= 0.3 is 0 Å². The first kappa shape index (κ1) is 9.99. The molecule has 0 radical (unpaired) electrons. The van der Waals surface area contributed by atoms with E-state index in [0.29, 0.717) is 6.54 Å². The summed E-state index contributed by atoms with van der Waals surface area (Å²) in [6, 6.07) is -0.122. The molecule has 0 rings (SSSR count). The molecule has 0 aliphatic rings. The lowest BCUT2D eigenvalue weighted by atomic mass is 10.3. The standard InChI is InChI=1S/C8H14N2O/c1-5-6-9-8(11)7(2)10(3)4/h1,7H,6H2,2-4H3,(H,9,11). The summed E-state index contributed by atoms with van der Waals surface area (Å²) in [6.45, 7) is 2.13. The van der Waals surface area contributed by atoms with Crippen LogP contribution in [0.25, 0.3) is 0 Å². The Bertz CT molecular complexity index is 169. The van der Waals surface area contributed by atoms with E-state index in [1.165, 1.54) is 0 Å². The third-order valence-corrected chi connectivity index (χ3v) is 1.52. The molecule has 0 spiro atoms. The van der Waals surface area contributed by atoms with Gasteiger partial charge in [-0.1, -0.05) is 5.92 Å². The summed E-state index contributed by atoms with van der Waals surface area (Å²) >= 11 is 0. The van der Waals surface area contributed by atoms with E-state index in [-0.39, 0.29) is 11.9 Å². The Labute approximate surface area is 67.8 Å². The van der Waals surface area contributed by atoms with Crippen LogP contribution < -0.4 is 5.32 Å². The van der Waals surface area contributed by atoms with Crippen LogP contribution in [0.5, 0.6) is 0 Å². The zero-order valence-corrected chi connectivity index (χ0v) is 7.22. The molecule has 0 aromatic carbocycles. The van der Waals surface area contributed by atoms with E-state index in [2.05, 4.69) is 11.2 Å². The second-order valence-corrected chi connectivity index (χ2v) is 2.56. The number of nitrogens with zero attached hydrogens (tertiary/aromatic N) is 1. The molecule has 3 heteroatoms. The SMILES string of the molecule is C#CCNC(=O)C(C)N(C)C. The summed E-state index contributed by atoms with van der Waals surface area (Å²) < 4.78 is 0. The zero-order valence-electron chi connectivity index (χ0n) is 7.22. The van der Waals surface area contributed by atoms with E-state index in [1.54, 1.807) is 0 Å². The van der Waals surface area contributed by atoms with Crippen LogP contribution in [0.1, 0.15) is 6.92 Å². The van der Waals surface area contributed by atoms with Crippen molar-refractivity contribution in [3.63, 3.8) is 0 Å². The molecule has 0 aromatic rings. The maximum atomic E-state index is 11.1. The van der Waals surface area contributed by atoms with Crippen molar-refractivity contribution >= 4 is 5.91 Å². The molecular formula is C8H14N2O. The Hall–Kier alpha value is -1.01. The molecule has 0 fully saturated rings. The molecule has 1 unspecified atom stereocenters. The maximum Gasteiger partial charge on any atom is 0.237 e. The van der Waals surface area contributed by atoms with Crippen LogP contribution in [0, 0.1) is 12.3 Å². The predicted octanol–water partition coefficient (Wildman–Crippen LogP) is -0.314. The molecule has 11 heavy (non-hydrogen) atoms. The zero-order chi connectivity index (χ0) is 8.85. The highest BCUT2D eigenvalue weighted by Crippen LogP contribution is 1.89. The molecule has 0 saturated carbocycles. The Balaban J connectivity index is 3.76. The Morgan fingerprint density at radius 2 is 2.27 bits per heavy atom. The Kier molecular flexibility index (Phi) is 4.32. The molecule has 0 bridgehead atoms. The lowest BCUT2D eigenvalue weighted by Gasteiger charge is -2.17. The van der Waals surface area contributed by atoms with E-state index in [9.17, 15) is 4.79 Å². The Morgan fingerprint density at radius 1 is 1.73 bits per heavy atom. The van der Waals surface area contributed by atoms with Gasteiger partial charge in [-0.3, -0.25) is 9.69 Å². The van der Waals surface area contributed by atoms with Gasteiger partial charge in [0.2, 0.25) is 5.91 Å². The van der Waals surface area contributed by atoms with Crippen LogP contribution >= 0.6 is 0 Å². The van der Waals surface area contributed by atoms with Crippen molar-refractivity contribution in [2.75, 3.05) is 20.6 Å². The highest BCUT2D eigenvalue weighted by Gasteiger charge is 2.12. The second kappa shape index (κ2) is 4.75. The van der Waals surface area contributed by atoms with Crippen LogP contribution in [0.2, 0.25) is 0 Å². The number of amides is 1. The monoisotopic (exact) mass is 154 g/mol. The minimum absolute atomic E-state index is 0.0343. The lowest BCUT2D eigenvalue weighted by molar-refractivity contribution is -0.124. The predicted molar refractivity (Wildman–Crippen MR) is 45.0 cm³/mol. The van der Waals surface area contributed by atoms with Gasteiger partial charge in [0.25, 0.3) is 0 Å². The summed E-state index contributed by atoms with van der Waals surface area (Å²) in [5, 5.41) is 2.60. The average molecular weight is 154 g/mol. The summed E-state index contributed by atoms with van der Waals surface area (Å²) in [5.74, 6) is 2.31. The van der Waals surface area contributed by atoms with Crippen molar-refractivity contribution in [1.29, 1.82) is 0 Å². The van der Waals surface area contributed by atoms with Crippen LogP contribution in [0.3, 0.4) is 0 Å². The molecule has 1 amide bonds. The van der Waals surface area contributed by atoms with Crippen molar-refractivity contribution in [3.8, 4) is 12.3 Å². The van der Waals surface area contributed by atoms with Crippen LogP contribution in [0.15, 0.2) is 0 Å². The van der Waals surface area contributed by atoms with Crippen LogP contribution in [-0.2, 0) is 4.79 Å². The van der Waals surface area contributed by atoms with Gasteiger partial charge in [0.05, 0.1) is 12.6 Å². The number of hydrogen-bond donors (Lipinski definition) is 1. The molecule has 62 valence electrons. The summed E-state index contributed by atoms with van der Waals surface area (Å²) in [4.78, 5) is 12.9. The number of hydrogen-bond acceptors (Lipinski definition) is 2. The topological polar surface area (TPSA) is 32.3 Å². The van der Waals surface area contributed by atoms with E-state index in [4.69, 9.17) is 6.42 Å². The van der Waals surface area contributed by atoms with E-state index < -0.39 is 0 Å². The summed E-state index contributed by atoms with van der Waals surface area (Å²) in [5.41, 5.74) is 0. The van der Waals surface area contributed by atoms with Gasteiger partial charge in [-0.15, -0.1) is 6.42 Å².